The molecule has 0 fully saturated rings. The number of hydrogen-bond acceptors (Lipinski definition) is 4. The Hall–Kier alpha value is -1.01. The topological polar surface area (TPSA) is 54.9 Å². The van der Waals surface area contributed by atoms with Crippen LogP contribution in [0.25, 0.3) is 11.0 Å². The van der Waals surface area contributed by atoms with Crippen molar-refractivity contribution >= 4 is 43.5 Å². The first-order valence-corrected chi connectivity index (χ1v) is 8.05. The van der Waals surface area contributed by atoms with E-state index in [0.29, 0.717) is 5.75 Å². The van der Waals surface area contributed by atoms with Gasteiger partial charge in [-0.1, -0.05) is 0 Å². The van der Waals surface area contributed by atoms with E-state index < -0.39 is 10.8 Å². The molecule has 2 aromatic rings. The molecule has 0 saturated carbocycles. The Morgan fingerprint density at radius 2 is 2.28 bits per heavy atom. The summed E-state index contributed by atoms with van der Waals surface area (Å²) < 4.78 is 12.1. The molecule has 18 heavy (non-hydrogen) atoms. The van der Waals surface area contributed by atoms with E-state index in [0.717, 1.165) is 21.2 Å². The van der Waals surface area contributed by atoms with Gasteiger partial charge in [0.05, 0.1) is 11.2 Å². The highest BCUT2D eigenvalue weighted by molar-refractivity contribution is 9.10. The largest absolute Gasteiger partial charge is 0.380 e. The van der Waals surface area contributed by atoms with Crippen molar-refractivity contribution in [3.8, 4) is 0 Å². The lowest BCUT2D eigenvalue weighted by atomic mass is 10.2. The molecular weight excluding hydrogens is 314 g/mol. The Morgan fingerprint density at radius 3 is 3.00 bits per heavy atom. The number of rotatable bonds is 4. The number of nitrogens with zero attached hydrogens (tertiary/aromatic N) is 2. The molecule has 0 spiro atoms. The second-order valence-corrected chi connectivity index (χ2v) is 6.56. The molecule has 1 N–H and O–H groups in total. The standard InChI is InChI=1S/C12H14BrN3OS/c1-8(7-18(2)17)16-10-3-4-14-11-5-9(13)6-15-12(10)11/h3-6,8H,7H2,1-2H3,(H,14,16)/t8-,18+/m1/s1. The van der Waals surface area contributed by atoms with Crippen LogP contribution in [0.15, 0.2) is 29.0 Å². The van der Waals surface area contributed by atoms with Crippen LogP contribution in [0.1, 0.15) is 6.92 Å². The van der Waals surface area contributed by atoms with Crippen molar-refractivity contribution in [3.05, 3.63) is 29.0 Å². The van der Waals surface area contributed by atoms with Gasteiger partial charge in [-0.3, -0.25) is 14.2 Å². The lowest BCUT2D eigenvalue weighted by Gasteiger charge is -2.14. The molecule has 2 heterocycles. The first-order chi connectivity index (χ1) is 8.56. The van der Waals surface area contributed by atoms with Crippen molar-refractivity contribution in [2.75, 3.05) is 17.3 Å². The number of fused-ring (bicyclic) bond motifs is 1. The van der Waals surface area contributed by atoms with Crippen LogP contribution in [-0.2, 0) is 10.8 Å². The van der Waals surface area contributed by atoms with Gasteiger partial charge >= 0.3 is 0 Å². The van der Waals surface area contributed by atoms with Gasteiger partial charge in [0, 0.05) is 45.7 Å². The maximum Gasteiger partial charge on any atom is 0.112 e. The highest BCUT2D eigenvalue weighted by Gasteiger charge is 2.08. The summed E-state index contributed by atoms with van der Waals surface area (Å²) in [5.74, 6) is 0.611. The number of pyridine rings is 2. The molecule has 0 radical (unpaired) electrons. The van der Waals surface area contributed by atoms with E-state index in [2.05, 4.69) is 31.2 Å². The van der Waals surface area contributed by atoms with Gasteiger partial charge in [0.2, 0.25) is 0 Å². The van der Waals surface area contributed by atoms with Crippen LogP contribution < -0.4 is 5.32 Å². The fraction of sp³-hybridized carbons (Fsp3) is 0.333. The number of nitrogens with one attached hydrogen (secondary N) is 1. The van der Waals surface area contributed by atoms with Gasteiger partial charge in [-0.2, -0.15) is 0 Å². The highest BCUT2D eigenvalue weighted by Crippen LogP contribution is 2.22. The second-order valence-electron chi connectivity index (χ2n) is 4.17. The molecular formula is C12H14BrN3OS. The average Bonchev–Trinajstić information content (AvgIpc) is 2.27. The zero-order valence-electron chi connectivity index (χ0n) is 10.2. The smallest absolute Gasteiger partial charge is 0.112 e. The van der Waals surface area contributed by atoms with Gasteiger partial charge < -0.3 is 5.32 Å². The molecule has 2 aromatic heterocycles. The SMILES string of the molecule is C[C@H](C[S@](C)=O)Nc1ccnc2cc(Br)cnc12. The van der Waals surface area contributed by atoms with E-state index in [4.69, 9.17) is 0 Å². The maximum absolute atomic E-state index is 11.2. The van der Waals surface area contributed by atoms with Gasteiger partial charge in [0.25, 0.3) is 0 Å². The Balaban J connectivity index is 2.30. The minimum absolute atomic E-state index is 0.131. The Bertz CT molecular complexity index is 591. The predicted octanol–water partition coefficient (Wildman–Crippen LogP) is 2.57. The summed E-state index contributed by atoms with van der Waals surface area (Å²) in [4.78, 5) is 8.64. The Kier molecular flexibility index (Phi) is 4.29. The van der Waals surface area contributed by atoms with E-state index in [-0.39, 0.29) is 6.04 Å². The summed E-state index contributed by atoms with van der Waals surface area (Å²) >= 11 is 3.38. The highest BCUT2D eigenvalue weighted by atomic mass is 79.9. The third kappa shape index (κ3) is 3.26. The summed E-state index contributed by atoms with van der Waals surface area (Å²) in [6.07, 6.45) is 5.20. The van der Waals surface area contributed by atoms with Crippen LogP contribution in [0.5, 0.6) is 0 Å². The van der Waals surface area contributed by atoms with E-state index in [1.807, 2.05) is 19.1 Å². The fourth-order valence-electron chi connectivity index (χ4n) is 1.78. The van der Waals surface area contributed by atoms with Crippen molar-refractivity contribution in [2.45, 2.75) is 13.0 Å². The van der Waals surface area contributed by atoms with E-state index in [1.165, 1.54) is 0 Å². The van der Waals surface area contributed by atoms with Crippen LogP contribution in [-0.4, -0.2) is 32.2 Å². The fourth-order valence-corrected chi connectivity index (χ4v) is 2.89. The summed E-state index contributed by atoms with van der Waals surface area (Å²) in [7, 11) is -0.813. The molecule has 6 heteroatoms. The lowest BCUT2D eigenvalue weighted by molar-refractivity contribution is 0.683. The number of halogens is 1. The summed E-state index contributed by atoms with van der Waals surface area (Å²) in [6, 6.07) is 3.95. The van der Waals surface area contributed by atoms with E-state index >= 15 is 0 Å². The van der Waals surface area contributed by atoms with Gasteiger partial charge in [0.1, 0.15) is 5.52 Å². The molecule has 0 aliphatic rings. The number of aromatic nitrogens is 2. The molecule has 96 valence electrons. The second kappa shape index (κ2) is 5.75. The molecule has 2 atom stereocenters. The van der Waals surface area contributed by atoms with Crippen LogP contribution in [0.3, 0.4) is 0 Å². The minimum Gasteiger partial charge on any atom is -0.380 e. The van der Waals surface area contributed by atoms with Gasteiger partial charge in [-0.05, 0) is 35.0 Å². The third-order valence-corrected chi connectivity index (χ3v) is 3.83. The van der Waals surface area contributed by atoms with Gasteiger partial charge in [-0.25, -0.2) is 0 Å². The van der Waals surface area contributed by atoms with Crippen LogP contribution in [0.2, 0.25) is 0 Å². The van der Waals surface area contributed by atoms with Crippen LogP contribution in [0.4, 0.5) is 5.69 Å². The van der Waals surface area contributed by atoms with Crippen molar-refractivity contribution in [1.29, 1.82) is 0 Å². The van der Waals surface area contributed by atoms with Crippen LogP contribution >= 0.6 is 15.9 Å². The predicted molar refractivity (Wildman–Crippen MR) is 79.3 cm³/mol. The molecule has 2 rings (SSSR count). The van der Waals surface area contributed by atoms with Crippen molar-refractivity contribution in [3.63, 3.8) is 0 Å². The first-order valence-electron chi connectivity index (χ1n) is 5.53. The molecule has 0 amide bonds. The average molecular weight is 328 g/mol. The zero-order valence-corrected chi connectivity index (χ0v) is 12.6. The minimum atomic E-state index is -0.813. The van der Waals surface area contributed by atoms with E-state index in [9.17, 15) is 4.21 Å². The lowest BCUT2D eigenvalue weighted by Crippen LogP contribution is -2.22. The third-order valence-electron chi connectivity index (χ3n) is 2.43. The Morgan fingerprint density at radius 1 is 1.50 bits per heavy atom. The molecule has 0 bridgehead atoms. The van der Waals surface area contributed by atoms with Crippen LogP contribution in [0, 0.1) is 0 Å². The first kappa shape index (κ1) is 13.4. The van der Waals surface area contributed by atoms with Gasteiger partial charge in [-0.15, -0.1) is 0 Å². The molecule has 0 aliphatic carbocycles. The summed E-state index contributed by atoms with van der Waals surface area (Å²) in [5, 5.41) is 3.32. The maximum atomic E-state index is 11.2. The van der Waals surface area contributed by atoms with Gasteiger partial charge in [0.15, 0.2) is 0 Å². The monoisotopic (exact) mass is 327 g/mol. The normalized spacial score (nSPS) is 14.4. The van der Waals surface area contributed by atoms with Crippen molar-refractivity contribution in [1.82, 2.24) is 9.97 Å². The summed E-state index contributed by atoms with van der Waals surface area (Å²) in [6.45, 7) is 2.01. The summed E-state index contributed by atoms with van der Waals surface area (Å²) in [5.41, 5.74) is 2.58. The van der Waals surface area contributed by atoms with Crippen molar-refractivity contribution in [2.24, 2.45) is 0 Å². The molecule has 0 aliphatic heterocycles. The number of hydrogen-bond donors (Lipinski definition) is 1. The Labute approximate surface area is 117 Å². The van der Waals surface area contributed by atoms with E-state index in [1.54, 1.807) is 18.6 Å². The number of anilines is 1. The molecule has 0 aromatic carbocycles. The van der Waals surface area contributed by atoms with Crippen molar-refractivity contribution < 1.29 is 4.21 Å². The zero-order chi connectivity index (χ0) is 13.1. The molecule has 4 nitrogen and oxygen atoms in total. The quantitative estimate of drug-likeness (QED) is 0.937. The molecule has 0 saturated heterocycles. The molecule has 0 unspecified atom stereocenters.